The Morgan fingerprint density at radius 2 is 2.24 bits per heavy atom. The molecule has 17 heavy (non-hydrogen) atoms. The van der Waals surface area contributed by atoms with E-state index < -0.39 is 5.97 Å². The van der Waals surface area contributed by atoms with Crippen molar-refractivity contribution < 1.29 is 9.90 Å². The molecule has 0 aromatic heterocycles. The maximum atomic E-state index is 11.0. The van der Waals surface area contributed by atoms with Crippen LogP contribution in [-0.2, 0) is 4.79 Å². The lowest BCUT2D eigenvalue weighted by molar-refractivity contribution is -0.139. The fourth-order valence-electron chi connectivity index (χ4n) is 3.43. The Morgan fingerprint density at radius 1 is 1.47 bits per heavy atom. The van der Waals surface area contributed by atoms with Crippen LogP contribution >= 0.6 is 0 Å². The van der Waals surface area contributed by atoms with E-state index in [2.05, 4.69) is 23.6 Å². The smallest absolute Gasteiger partial charge is 0.317 e. The molecular weight excluding hydrogens is 216 g/mol. The molecule has 2 aliphatic rings. The van der Waals surface area contributed by atoms with Crippen LogP contribution in [0.3, 0.4) is 0 Å². The Hall–Kier alpha value is -0.610. The third kappa shape index (κ3) is 2.63. The molecule has 0 aromatic rings. The van der Waals surface area contributed by atoms with E-state index in [0.717, 1.165) is 19.4 Å². The first-order valence-electron chi connectivity index (χ1n) is 6.85. The summed E-state index contributed by atoms with van der Waals surface area (Å²) in [7, 11) is 0. The average Bonchev–Trinajstić information content (AvgIpc) is 2.86. The first-order chi connectivity index (χ1) is 8.13. The highest BCUT2D eigenvalue weighted by molar-refractivity contribution is 5.69. The van der Waals surface area contributed by atoms with Crippen LogP contribution < -0.4 is 0 Å². The number of hydrogen-bond acceptors (Lipinski definition) is 3. The van der Waals surface area contributed by atoms with E-state index in [-0.39, 0.29) is 6.54 Å². The lowest BCUT2D eigenvalue weighted by Crippen LogP contribution is -2.49. The fourth-order valence-corrected chi connectivity index (χ4v) is 3.43. The van der Waals surface area contributed by atoms with E-state index in [4.69, 9.17) is 5.11 Å². The monoisotopic (exact) mass is 240 g/mol. The van der Waals surface area contributed by atoms with Crippen molar-refractivity contribution in [1.82, 2.24) is 9.80 Å². The fraction of sp³-hybridized carbons (Fsp3) is 0.923. The zero-order valence-corrected chi connectivity index (χ0v) is 10.9. The van der Waals surface area contributed by atoms with Gasteiger partial charge in [-0.25, -0.2) is 0 Å². The summed E-state index contributed by atoms with van der Waals surface area (Å²) < 4.78 is 0. The molecular formula is C13H24N2O2. The van der Waals surface area contributed by atoms with Crippen LogP contribution in [0.5, 0.6) is 0 Å². The van der Waals surface area contributed by atoms with Crippen molar-refractivity contribution in [3.8, 4) is 0 Å². The van der Waals surface area contributed by atoms with Gasteiger partial charge >= 0.3 is 5.97 Å². The Labute approximate surface area is 104 Å². The topological polar surface area (TPSA) is 43.8 Å². The summed E-state index contributed by atoms with van der Waals surface area (Å²) >= 11 is 0. The summed E-state index contributed by atoms with van der Waals surface area (Å²) in [5.74, 6) is -0.693. The molecule has 2 saturated heterocycles. The first-order valence-corrected chi connectivity index (χ1v) is 6.85. The third-order valence-corrected chi connectivity index (χ3v) is 4.47. The van der Waals surface area contributed by atoms with Gasteiger partial charge in [0.2, 0.25) is 0 Å². The molecule has 4 heteroatoms. The summed E-state index contributed by atoms with van der Waals surface area (Å²) in [6.07, 6.45) is 4.69. The Morgan fingerprint density at radius 3 is 2.88 bits per heavy atom. The minimum absolute atomic E-state index is 0.198. The molecule has 98 valence electrons. The number of carbonyl (C=O) groups is 1. The van der Waals surface area contributed by atoms with E-state index in [1.807, 2.05) is 0 Å². The van der Waals surface area contributed by atoms with Crippen LogP contribution in [0.15, 0.2) is 0 Å². The minimum atomic E-state index is -0.693. The van der Waals surface area contributed by atoms with Crippen LogP contribution in [-0.4, -0.2) is 58.6 Å². The summed E-state index contributed by atoms with van der Waals surface area (Å²) in [6.45, 7) is 6.86. The van der Waals surface area contributed by atoms with Gasteiger partial charge < -0.3 is 5.11 Å². The standard InChI is InChI=1S/C13H24N2O2/c1-3-10(2)15(9-13(16)17)12-6-8-14-7-4-5-11(12)14/h10-12H,3-9H2,1-2H3,(H,16,17). The lowest BCUT2D eigenvalue weighted by Gasteiger charge is -2.35. The van der Waals surface area contributed by atoms with Crippen LogP contribution in [0.2, 0.25) is 0 Å². The van der Waals surface area contributed by atoms with Crippen LogP contribution in [0.25, 0.3) is 0 Å². The molecule has 2 aliphatic heterocycles. The van der Waals surface area contributed by atoms with Gasteiger partial charge in [0.25, 0.3) is 0 Å². The number of rotatable bonds is 5. The molecule has 0 aliphatic carbocycles. The first kappa shape index (κ1) is 12.8. The third-order valence-electron chi connectivity index (χ3n) is 4.47. The van der Waals surface area contributed by atoms with Crippen LogP contribution in [0, 0.1) is 0 Å². The molecule has 4 nitrogen and oxygen atoms in total. The van der Waals surface area contributed by atoms with Gasteiger partial charge in [0.15, 0.2) is 0 Å². The zero-order chi connectivity index (χ0) is 12.4. The van der Waals surface area contributed by atoms with Gasteiger partial charge in [-0.1, -0.05) is 6.92 Å². The Balaban J connectivity index is 2.06. The molecule has 0 aromatic carbocycles. The number of nitrogens with zero attached hydrogens (tertiary/aromatic N) is 2. The zero-order valence-electron chi connectivity index (χ0n) is 10.9. The van der Waals surface area contributed by atoms with Crippen molar-refractivity contribution in [3.63, 3.8) is 0 Å². The second kappa shape index (κ2) is 5.36. The van der Waals surface area contributed by atoms with Crippen molar-refractivity contribution in [3.05, 3.63) is 0 Å². The van der Waals surface area contributed by atoms with Gasteiger partial charge in [0, 0.05) is 24.7 Å². The largest absolute Gasteiger partial charge is 0.480 e. The van der Waals surface area contributed by atoms with Gasteiger partial charge in [-0.05, 0) is 39.2 Å². The predicted octanol–water partition coefficient (Wildman–Crippen LogP) is 1.41. The maximum absolute atomic E-state index is 11.0. The molecule has 0 saturated carbocycles. The van der Waals surface area contributed by atoms with E-state index >= 15 is 0 Å². The molecule has 0 spiro atoms. The van der Waals surface area contributed by atoms with E-state index in [0.29, 0.717) is 18.1 Å². The maximum Gasteiger partial charge on any atom is 0.317 e. The minimum Gasteiger partial charge on any atom is -0.480 e. The van der Waals surface area contributed by atoms with E-state index in [9.17, 15) is 4.79 Å². The molecule has 0 radical (unpaired) electrons. The SMILES string of the molecule is CCC(C)N(CC(=O)O)C1CCN2CCCC12. The quantitative estimate of drug-likeness (QED) is 0.789. The normalized spacial score (nSPS) is 30.8. The van der Waals surface area contributed by atoms with Crippen molar-refractivity contribution in [1.29, 1.82) is 0 Å². The van der Waals surface area contributed by atoms with Crippen molar-refractivity contribution in [2.24, 2.45) is 0 Å². The lowest BCUT2D eigenvalue weighted by atomic mass is 10.0. The molecule has 2 rings (SSSR count). The summed E-state index contributed by atoms with van der Waals surface area (Å²) in [5, 5.41) is 9.07. The number of carboxylic acid groups (broad SMARTS) is 1. The Kier molecular flexibility index (Phi) is 4.05. The highest BCUT2D eigenvalue weighted by Crippen LogP contribution is 2.32. The van der Waals surface area contributed by atoms with Crippen molar-refractivity contribution in [2.45, 2.75) is 57.7 Å². The van der Waals surface area contributed by atoms with Gasteiger partial charge in [0.05, 0.1) is 6.54 Å². The summed E-state index contributed by atoms with van der Waals surface area (Å²) in [5.41, 5.74) is 0. The molecule has 0 amide bonds. The number of carboxylic acids is 1. The van der Waals surface area contributed by atoms with Gasteiger partial charge in [-0.15, -0.1) is 0 Å². The van der Waals surface area contributed by atoms with Gasteiger partial charge in [0.1, 0.15) is 0 Å². The van der Waals surface area contributed by atoms with Crippen molar-refractivity contribution in [2.75, 3.05) is 19.6 Å². The molecule has 0 bridgehead atoms. The predicted molar refractivity (Wildman–Crippen MR) is 67.1 cm³/mol. The number of fused-ring (bicyclic) bond motifs is 1. The summed E-state index contributed by atoms with van der Waals surface area (Å²) in [6, 6.07) is 1.45. The summed E-state index contributed by atoms with van der Waals surface area (Å²) in [4.78, 5) is 15.8. The number of hydrogen-bond donors (Lipinski definition) is 1. The molecule has 2 fully saturated rings. The van der Waals surface area contributed by atoms with Crippen LogP contribution in [0.1, 0.15) is 39.5 Å². The molecule has 1 N–H and O–H groups in total. The highest BCUT2D eigenvalue weighted by Gasteiger charge is 2.41. The second-order valence-corrected chi connectivity index (χ2v) is 5.42. The number of aliphatic carboxylic acids is 1. The van der Waals surface area contributed by atoms with Gasteiger partial charge in [-0.3, -0.25) is 14.6 Å². The Bertz CT molecular complexity index is 283. The van der Waals surface area contributed by atoms with Crippen molar-refractivity contribution >= 4 is 5.97 Å². The highest BCUT2D eigenvalue weighted by atomic mass is 16.4. The molecule has 3 atom stereocenters. The van der Waals surface area contributed by atoms with E-state index in [1.165, 1.54) is 19.4 Å². The molecule has 2 heterocycles. The average molecular weight is 240 g/mol. The second-order valence-electron chi connectivity index (χ2n) is 5.42. The van der Waals surface area contributed by atoms with Gasteiger partial charge in [-0.2, -0.15) is 0 Å². The van der Waals surface area contributed by atoms with Crippen LogP contribution in [0.4, 0.5) is 0 Å². The van der Waals surface area contributed by atoms with E-state index in [1.54, 1.807) is 0 Å². The molecule has 3 unspecified atom stereocenters.